The molecule has 2 aromatic carbocycles. The highest BCUT2D eigenvalue weighted by Crippen LogP contribution is 2.34. The van der Waals surface area contributed by atoms with Crippen molar-refractivity contribution < 1.29 is 33.4 Å². The van der Waals surface area contributed by atoms with Gasteiger partial charge in [-0.15, -0.1) is 0 Å². The third kappa shape index (κ3) is 6.97. The van der Waals surface area contributed by atoms with E-state index in [1.807, 2.05) is 30.3 Å². The minimum absolute atomic E-state index is 0.0510. The zero-order valence-electron chi connectivity index (χ0n) is 20.6. The number of carbonyl (C=O) groups is 3. The Labute approximate surface area is 219 Å². The van der Waals surface area contributed by atoms with E-state index in [2.05, 4.69) is 16.1 Å². The van der Waals surface area contributed by atoms with E-state index in [-0.39, 0.29) is 38.6 Å². The number of carbonyl (C=O) groups excluding carboxylic acids is 3. The molecule has 2 aliphatic rings. The third-order valence-corrected chi connectivity index (χ3v) is 5.91. The van der Waals surface area contributed by atoms with Gasteiger partial charge in [0.2, 0.25) is 17.8 Å². The molecule has 0 aromatic heterocycles. The standard InChI is InChI=1S/C25H30N6O7/c26-24(27)30-37-11-10-28-23(34)20-14-25(35-12-13-36-25)16-31(20)21(32)15-29-22(33)17-6-8-19(9-7-17)38-18-4-2-1-3-5-18/h1-9,20H,10-16H2,(H,28,34)(H,29,33)(H4,26,27,30). The van der Waals surface area contributed by atoms with Gasteiger partial charge in [0.25, 0.3) is 5.91 Å². The Balaban J connectivity index is 1.31. The molecular weight excluding hydrogens is 496 g/mol. The van der Waals surface area contributed by atoms with Gasteiger partial charge in [-0.1, -0.05) is 18.2 Å². The van der Waals surface area contributed by atoms with Crippen molar-refractivity contribution in [1.29, 1.82) is 5.41 Å². The molecule has 2 saturated heterocycles. The number of likely N-dealkylation sites (tertiary alicyclic amines) is 1. The molecule has 1 atom stereocenters. The molecular formula is C25H30N6O7. The van der Waals surface area contributed by atoms with Gasteiger partial charge in [0.05, 0.1) is 32.9 Å². The molecule has 2 heterocycles. The van der Waals surface area contributed by atoms with Crippen molar-refractivity contribution >= 4 is 23.7 Å². The van der Waals surface area contributed by atoms with E-state index >= 15 is 0 Å². The SMILES string of the molecule is N=C(N)NOCCNC(=O)C1CC2(CN1C(=O)CNC(=O)c1ccc(Oc3ccccc3)cc1)OCCO2. The Kier molecular flexibility index (Phi) is 8.73. The molecule has 2 aromatic rings. The van der Waals surface area contributed by atoms with Gasteiger partial charge >= 0.3 is 0 Å². The van der Waals surface area contributed by atoms with Crippen LogP contribution in [0.4, 0.5) is 0 Å². The molecule has 1 spiro atoms. The largest absolute Gasteiger partial charge is 0.457 e. The smallest absolute Gasteiger partial charge is 0.251 e. The lowest BCUT2D eigenvalue weighted by Gasteiger charge is -2.24. The van der Waals surface area contributed by atoms with Crippen molar-refractivity contribution in [3.63, 3.8) is 0 Å². The number of hydrogen-bond acceptors (Lipinski definition) is 8. The van der Waals surface area contributed by atoms with Crippen LogP contribution in [0, 0.1) is 5.41 Å². The Morgan fingerprint density at radius 3 is 2.39 bits per heavy atom. The topological polar surface area (TPSA) is 177 Å². The monoisotopic (exact) mass is 526 g/mol. The van der Waals surface area contributed by atoms with Crippen molar-refractivity contribution in [2.45, 2.75) is 18.2 Å². The Morgan fingerprint density at radius 1 is 1.03 bits per heavy atom. The van der Waals surface area contributed by atoms with Gasteiger partial charge in [-0.25, -0.2) is 5.48 Å². The van der Waals surface area contributed by atoms with Gasteiger partial charge in [-0.3, -0.25) is 24.6 Å². The Hall–Kier alpha value is -4.20. The summed E-state index contributed by atoms with van der Waals surface area (Å²) in [6, 6.07) is 14.9. The van der Waals surface area contributed by atoms with Gasteiger partial charge in [0.1, 0.15) is 17.5 Å². The summed E-state index contributed by atoms with van der Waals surface area (Å²) in [5.74, 6) is -1.48. The summed E-state index contributed by atoms with van der Waals surface area (Å²) in [4.78, 5) is 44.9. The maximum Gasteiger partial charge on any atom is 0.251 e. The third-order valence-electron chi connectivity index (χ3n) is 5.91. The average Bonchev–Trinajstić information content (AvgIpc) is 3.54. The van der Waals surface area contributed by atoms with E-state index in [0.717, 1.165) is 0 Å². The molecule has 13 heteroatoms. The molecule has 2 aliphatic heterocycles. The fourth-order valence-electron chi connectivity index (χ4n) is 4.17. The fraction of sp³-hybridized carbons (Fsp3) is 0.360. The van der Waals surface area contributed by atoms with Crippen LogP contribution in [0.1, 0.15) is 16.8 Å². The summed E-state index contributed by atoms with van der Waals surface area (Å²) in [5, 5.41) is 12.3. The van der Waals surface area contributed by atoms with Crippen molar-refractivity contribution in [2.75, 3.05) is 39.5 Å². The quantitative estimate of drug-likeness (QED) is 0.124. The molecule has 13 nitrogen and oxygen atoms in total. The highest BCUT2D eigenvalue weighted by molar-refractivity contribution is 5.97. The number of hydrogen-bond donors (Lipinski definition) is 5. The number of rotatable bonds is 10. The lowest BCUT2D eigenvalue weighted by atomic mass is 10.1. The van der Waals surface area contributed by atoms with Crippen LogP contribution >= 0.6 is 0 Å². The summed E-state index contributed by atoms with van der Waals surface area (Å²) in [6.07, 6.45) is 0.161. The zero-order chi connectivity index (χ0) is 27.0. The molecule has 1 unspecified atom stereocenters. The second kappa shape index (κ2) is 12.4. The molecule has 0 saturated carbocycles. The fourth-order valence-corrected chi connectivity index (χ4v) is 4.17. The highest BCUT2D eigenvalue weighted by atomic mass is 16.7. The number of guanidine groups is 1. The van der Waals surface area contributed by atoms with Gasteiger partial charge in [0.15, 0.2) is 5.79 Å². The average molecular weight is 527 g/mol. The minimum atomic E-state index is -1.05. The van der Waals surface area contributed by atoms with Crippen LogP contribution in [0.15, 0.2) is 54.6 Å². The van der Waals surface area contributed by atoms with Crippen LogP contribution in [0.25, 0.3) is 0 Å². The number of hydroxylamine groups is 1. The first-order valence-corrected chi connectivity index (χ1v) is 12.0. The predicted molar refractivity (Wildman–Crippen MR) is 134 cm³/mol. The number of para-hydroxylation sites is 1. The first-order chi connectivity index (χ1) is 18.3. The Bertz CT molecular complexity index is 1140. The number of nitrogens with one attached hydrogen (secondary N) is 4. The van der Waals surface area contributed by atoms with E-state index < -0.39 is 29.6 Å². The molecule has 0 radical (unpaired) electrons. The summed E-state index contributed by atoms with van der Waals surface area (Å²) in [5.41, 5.74) is 7.65. The zero-order valence-corrected chi connectivity index (χ0v) is 20.6. The van der Waals surface area contributed by atoms with Gasteiger partial charge < -0.3 is 35.5 Å². The summed E-state index contributed by atoms with van der Waals surface area (Å²) in [6.45, 7) is 0.645. The van der Waals surface area contributed by atoms with Crippen LogP contribution < -0.4 is 26.6 Å². The van der Waals surface area contributed by atoms with Gasteiger partial charge in [-0.2, -0.15) is 0 Å². The number of benzene rings is 2. The van der Waals surface area contributed by atoms with Crippen molar-refractivity contribution in [1.82, 2.24) is 21.0 Å². The van der Waals surface area contributed by atoms with Crippen LogP contribution in [-0.2, 0) is 23.9 Å². The molecule has 0 aliphatic carbocycles. The first-order valence-electron chi connectivity index (χ1n) is 12.0. The highest BCUT2D eigenvalue weighted by Gasteiger charge is 2.52. The van der Waals surface area contributed by atoms with Gasteiger partial charge in [0, 0.05) is 18.5 Å². The van der Waals surface area contributed by atoms with E-state index in [4.69, 9.17) is 30.2 Å². The maximum absolute atomic E-state index is 13.1. The van der Waals surface area contributed by atoms with Crippen LogP contribution in [-0.4, -0.2) is 79.9 Å². The minimum Gasteiger partial charge on any atom is -0.457 e. The van der Waals surface area contributed by atoms with Crippen molar-refractivity contribution in [3.8, 4) is 11.5 Å². The van der Waals surface area contributed by atoms with Crippen molar-refractivity contribution in [2.24, 2.45) is 5.73 Å². The lowest BCUT2D eigenvalue weighted by molar-refractivity contribution is -0.152. The Morgan fingerprint density at radius 2 is 1.71 bits per heavy atom. The molecule has 3 amide bonds. The molecule has 0 bridgehead atoms. The van der Waals surface area contributed by atoms with E-state index in [0.29, 0.717) is 30.3 Å². The molecule has 6 N–H and O–H groups in total. The number of amides is 3. The predicted octanol–water partition coefficient (Wildman–Crippen LogP) is 0.0836. The summed E-state index contributed by atoms with van der Waals surface area (Å²) in [7, 11) is 0. The van der Waals surface area contributed by atoms with Crippen molar-refractivity contribution in [3.05, 3.63) is 60.2 Å². The maximum atomic E-state index is 13.1. The molecule has 4 rings (SSSR count). The van der Waals surface area contributed by atoms with E-state index in [9.17, 15) is 14.4 Å². The van der Waals surface area contributed by atoms with E-state index in [1.165, 1.54) is 4.90 Å². The molecule has 2 fully saturated rings. The molecule has 38 heavy (non-hydrogen) atoms. The number of nitrogens with two attached hydrogens (primary N) is 1. The van der Waals surface area contributed by atoms with Gasteiger partial charge in [-0.05, 0) is 36.4 Å². The van der Waals surface area contributed by atoms with Crippen LogP contribution in [0.2, 0.25) is 0 Å². The second-order valence-corrected chi connectivity index (χ2v) is 8.63. The summed E-state index contributed by atoms with van der Waals surface area (Å²) < 4.78 is 17.2. The second-order valence-electron chi connectivity index (χ2n) is 8.63. The van der Waals surface area contributed by atoms with E-state index in [1.54, 1.807) is 24.3 Å². The number of ether oxygens (including phenoxy) is 3. The van der Waals surface area contributed by atoms with Crippen LogP contribution in [0.3, 0.4) is 0 Å². The summed E-state index contributed by atoms with van der Waals surface area (Å²) >= 11 is 0. The first kappa shape index (κ1) is 26.9. The van der Waals surface area contributed by atoms with Crippen LogP contribution in [0.5, 0.6) is 11.5 Å². The number of nitrogens with zero attached hydrogens (tertiary/aromatic N) is 1. The molecule has 202 valence electrons. The normalized spacial score (nSPS) is 17.7. The lowest BCUT2D eigenvalue weighted by Crippen LogP contribution is -2.49.